The van der Waals surface area contributed by atoms with Crippen LogP contribution >= 0.6 is 39.5 Å². The zero-order chi connectivity index (χ0) is 24.9. The second kappa shape index (κ2) is 11.9. The normalized spacial score (nSPS) is 14.2. The number of thiocarbonyl (C=S) groups is 1. The molecule has 0 saturated carbocycles. The summed E-state index contributed by atoms with van der Waals surface area (Å²) in [5.74, 6) is -0.342. The van der Waals surface area contributed by atoms with Crippen LogP contribution in [0.25, 0.3) is 0 Å². The molecule has 0 spiro atoms. The van der Waals surface area contributed by atoms with E-state index in [0.717, 1.165) is 37.7 Å². The first-order valence-electron chi connectivity index (χ1n) is 11.3. The average Bonchev–Trinajstić information content (AvgIpc) is 3.22. The summed E-state index contributed by atoms with van der Waals surface area (Å²) in [5, 5.41) is 11.0. The lowest BCUT2D eigenvalue weighted by atomic mass is 9.96. The molecule has 0 bridgehead atoms. The second-order valence-corrected chi connectivity index (χ2v) is 10.4. The first-order valence-corrected chi connectivity index (χ1v) is 13.3. The molecule has 0 atom stereocenters. The van der Waals surface area contributed by atoms with Crippen molar-refractivity contribution in [3.63, 3.8) is 0 Å². The van der Waals surface area contributed by atoms with Gasteiger partial charge >= 0.3 is 12.1 Å². The third kappa shape index (κ3) is 6.51. The highest BCUT2D eigenvalue weighted by atomic mass is 79.9. The van der Waals surface area contributed by atoms with Gasteiger partial charge in [-0.15, -0.1) is 11.3 Å². The highest BCUT2D eigenvalue weighted by Gasteiger charge is 2.37. The van der Waals surface area contributed by atoms with Crippen LogP contribution in [0.2, 0.25) is 0 Å². The number of hydrogen-bond donors (Lipinski definition) is 2. The molecular formula is C22H28BrF3N4O2S2. The average molecular weight is 582 g/mol. The molecule has 0 radical (unpaired) electrons. The Morgan fingerprint density at radius 3 is 2.62 bits per heavy atom. The number of aryl methyl sites for hydroxylation is 2. The minimum Gasteiger partial charge on any atom is -0.462 e. The van der Waals surface area contributed by atoms with Crippen molar-refractivity contribution < 1.29 is 22.7 Å². The van der Waals surface area contributed by atoms with E-state index in [9.17, 15) is 18.0 Å². The first kappa shape index (κ1) is 26.9. The van der Waals surface area contributed by atoms with Crippen LogP contribution in [0, 0.1) is 6.92 Å². The summed E-state index contributed by atoms with van der Waals surface area (Å²) in [7, 11) is 0. The van der Waals surface area contributed by atoms with E-state index in [1.807, 2.05) is 0 Å². The van der Waals surface area contributed by atoms with Crippen LogP contribution < -0.4 is 10.6 Å². The van der Waals surface area contributed by atoms with Crippen molar-refractivity contribution in [1.82, 2.24) is 15.1 Å². The molecule has 12 heteroatoms. The van der Waals surface area contributed by atoms with Crippen molar-refractivity contribution >= 4 is 55.6 Å². The predicted octanol–water partition coefficient (Wildman–Crippen LogP) is 6.25. The van der Waals surface area contributed by atoms with Gasteiger partial charge in [-0.25, -0.2) is 4.79 Å². The van der Waals surface area contributed by atoms with Crippen molar-refractivity contribution in [2.24, 2.45) is 0 Å². The maximum atomic E-state index is 13.0. The number of carbonyl (C=O) groups excluding carboxylic acids is 1. The number of rotatable bonds is 7. The topological polar surface area (TPSA) is 68.2 Å². The number of aromatic nitrogens is 2. The van der Waals surface area contributed by atoms with Gasteiger partial charge in [0, 0.05) is 18.0 Å². The predicted molar refractivity (Wildman–Crippen MR) is 135 cm³/mol. The number of carbonyl (C=O) groups is 1. The molecule has 2 heterocycles. The van der Waals surface area contributed by atoms with E-state index in [2.05, 4.69) is 31.7 Å². The van der Waals surface area contributed by atoms with Crippen LogP contribution in [-0.2, 0) is 30.3 Å². The van der Waals surface area contributed by atoms with Gasteiger partial charge in [-0.2, -0.15) is 18.3 Å². The number of halogens is 4. The minimum absolute atomic E-state index is 0.0371. The van der Waals surface area contributed by atoms with E-state index < -0.39 is 11.9 Å². The molecule has 3 rings (SSSR count). The Kier molecular flexibility index (Phi) is 9.39. The van der Waals surface area contributed by atoms with Crippen LogP contribution in [0.5, 0.6) is 0 Å². The quantitative estimate of drug-likeness (QED) is 0.229. The summed E-state index contributed by atoms with van der Waals surface area (Å²) >= 11 is 9.95. The lowest BCUT2D eigenvalue weighted by molar-refractivity contribution is -0.142. The standard InChI is InChI=1S/C22H28BrF3N4O2S2/c1-3-32-20(31)16-14-9-6-4-5-7-10-15(14)34-19(16)28-21(33)27-11-8-12-30-13(2)17(23)18(29-30)22(24,25)26/h3-12H2,1-2H3,(H2,27,28,33). The lowest BCUT2D eigenvalue weighted by Gasteiger charge is -2.13. The van der Waals surface area contributed by atoms with Gasteiger partial charge in [0.15, 0.2) is 10.8 Å². The molecule has 0 saturated heterocycles. The third-order valence-corrected chi connectivity index (χ3v) is 8.02. The van der Waals surface area contributed by atoms with Crippen molar-refractivity contribution in [2.75, 3.05) is 18.5 Å². The smallest absolute Gasteiger partial charge is 0.436 e. The van der Waals surface area contributed by atoms with E-state index in [4.69, 9.17) is 17.0 Å². The summed E-state index contributed by atoms with van der Waals surface area (Å²) in [4.78, 5) is 13.9. The van der Waals surface area contributed by atoms with E-state index >= 15 is 0 Å². The molecule has 188 valence electrons. The van der Waals surface area contributed by atoms with Crippen LogP contribution in [0.1, 0.15) is 71.2 Å². The van der Waals surface area contributed by atoms with Gasteiger partial charge in [0.2, 0.25) is 0 Å². The Morgan fingerprint density at radius 2 is 1.97 bits per heavy atom. The van der Waals surface area contributed by atoms with Crippen LogP contribution in [0.3, 0.4) is 0 Å². The number of nitrogens with zero attached hydrogens (tertiary/aromatic N) is 2. The molecule has 0 aliphatic heterocycles. The number of nitrogens with one attached hydrogen (secondary N) is 2. The van der Waals surface area contributed by atoms with E-state index in [-0.39, 0.29) is 10.4 Å². The van der Waals surface area contributed by atoms with Gasteiger partial charge in [0.1, 0.15) is 5.00 Å². The molecule has 2 aromatic heterocycles. The van der Waals surface area contributed by atoms with Gasteiger partial charge in [-0.3, -0.25) is 4.68 Å². The van der Waals surface area contributed by atoms with Crippen molar-refractivity contribution in [1.29, 1.82) is 0 Å². The largest absolute Gasteiger partial charge is 0.462 e. The number of hydrogen-bond acceptors (Lipinski definition) is 5. The van der Waals surface area contributed by atoms with Gasteiger partial charge in [-0.1, -0.05) is 12.8 Å². The molecule has 0 unspecified atom stereocenters. The molecule has 1 aliphatic carbocycles. The maximum Gasteiger partial charge on any atom is 0.436 e. The number of esters is 1. The minimum atomic E-state index is -4.51. The maximum absolute atomic E-state index is 13.0. The number of fused-ring (bicyclic) bond motifs is 1. The van der Waals surface area contributed by atoms with Gasteiger partial charge in [-0.05, 0) is 79.7 Å². The molecule has 6 nitrogen and oxygen atoms in total. The van der Waals surface area contributed by atoms with Gasteiger partial charge < -0.3 is 15.4 Å². The summed E-state index contributed by atoms with van der Waals surface area (Å²) in [6.45, 7) is 4.41. The Labute approximate surface area is 214 Å². The summed E-state index contributed by atoms with van der Waals surface area (Å²) in [6.07, 6.45) is 2.26. The summed E-state index contributed by atoms with van der Waals surface area (Å²) in [6, 6.07) is 0. The molecule has 0 fully saturated rings. The Hall–Kier alpha value is -1.66. The van der Waals surface area contributed by atoms with Crippen LogP contribution in [0.15, 0.2) is 4.47 Å². The van der Waals surface area contributed by atoms with Crippen molar-refractivity contribution in [3.05, 3.63) is 31.9 Å². The molecule has 2 N–H and O–H groups in total. The SMILES string of the molecule is CCOC(=O)c1c(NC(=S)NCCCn2nc(C(F)(F)F)c(Br)c2C)sc2c1CCCCCC2. The second-order valence-electron chi connectivity index (χ2n) is 8.05. The van der Waals surface area contributed by atoms with E-state index in [1.54, 1.807) is 25.2 Å². The highest BCUT2D eigenvalue weighted by Crippen LogP contribution is 2.38. The summed E-state index contributed by atoms with van der Waals surface area (Å²) < 4.78 is 45.7. The zero-order valence-electron chi connectivity index (χ0n) is 19.1. The summed E-state index contributed by atoms with van der Waals surface area (Å²) in [5.41, 5.74) is 1.14. The van der Waals surface area contributed by atoms with E-state index in [0.29, 0.717) is 47.5 Å². The molecule has 0 amide bonds. The van der Waals surface area contributed by atoms with Crippen LogP contribution in [0.4, 0.5) is 18.2 Å². The van der Waals surface area contributed by atoms with Crippen molar-refractivity contribution in [2.45, 2.75) is 71.5 Å². The fourth-order valence-corrected chi connectivity index (χ4v) is 5.99. The number of anilines is 1. The molecule has 1 aliphatic rings. The lowest BCUT2D eigenvalue weighted by Crippen LogP contribution is -2.30. The Bertz CT molecular complexity index is 1040. The zero-order valence-corrected chi connectivity index (χ0v) is 22.3. The molecular weight excluding hydrogens is 553 g/mol. The molecule has 34 heavy (non-hydrogen) atoms. The van der Waals surface area contributed by atoms with Gasteiger partial charge in [0.25, 0.3) is 0 Å². The monoisotopic (exact) mass is 580 g/mol. The fourth-order valence-electron chi connectivity index (χ4n) is 3.93. The third-order valence-electron chi connectivity index (χ3n) is 5.61. The Balaban J connectivity index is 1.62. The number of ether oxygens (including phenoxy) is 1. The van der Waals surface area contributed by atoms with E-state index in [1.165, 1.54) is 16.0 Å². The van der Waals surface area contributed by atoms with Gasteiger partial charge in [0.05, 0.1) is 22.3 Å². The van der Waals surface area contributed by atoms with Crippen molar-refractivity contribution in [3.8, 4) is 0 Å². The number of thiophene rings is 1. The first-order chi connectivity index (χ1) is 16.1. The number of alkyl halides is 3. The molecule has 0 aromatic carbocycles. The molecule has 2 aromatic rings. The van der Waals surface area contributed by atoms with Crippen LogP contribution in [-0.4, -0.2) is 34.0 Å². The highest BCUT2D eigenvalue weighted by molar-refractivity contribution is 9.10. The fraction of sp³-hybridized carbons (Fsp3) is 0.591. The Morgan fingerprint density at radius 1 is 1.26 bits per heavy atom.